The fourth-order valence-electron chi connectivity index (χ4n) is 1.63. The molecule has 0 fully saturated rings. The zero-order chi connectivity index (χ0) is 14.1. The van der Waals surface area contributed by atoms with Crippen LogP contribution in [0, 0.1) is 11.8 Å². The van der Waals surface area contributed by atoms with Crippen molar-refractivity contribution in [1.82, 2.24) is 0 Å². The molecule has 0 saturated carbocycles. The first-order valence-electron chi connectivity index (χ1n) is 7.00. The first kappa shape index (κ1) is 17.2. The number of allylic oxidation sites excluding steroid dienone is 6. The van der Waals surface area contributed by atoms with E-state index in [0.717, 1.165) is 6.42 Å². The topological polar surface area (TPSA) is 0 Å². The first-order valence-corrected chi connectivity index (χ1v) is 7.00. The molecule has 0 aliphatic heterocycles. The summed E-state index contributed by atoms with van der Waals surface area (Å²) in [4.78, 5) is 0. The molecule has 0 aromatic rings. The second kappa shape index (κ2) is 9.13. The average Bonchev–Trinajstić information content (AvgIpc) is 2.30. The predicted molar refractivity (Wildman–Crippen MR) is 80.5 cm³/mol. The Morgan fingerprint density at radius 1 is 1.11 bits per heavy atom. The van der Waals surface area contributed by atoms with Crippen molar-refractivity contribution in [3.8, 4) is 0 Å². The van der Waals surface area contributed by atoms with E-state index >= 15 is 0 Å². The molecule has 0 aliphatic rings. The van der Waals surface area contributed by atoms with Gasteiger partial charge in [-0.2, -0.15) is 0 Å². The van der Waals surface area contributed by atoms with Gasteiger partial charge >= 0.3 is 0 Å². The summed E-state index contributed by atoms with van der Waals surface area (Å²) in [6, 6.07) is 0. The van der Waals surface area contributed by atoms with Crippen LogP contribution in [0.1, 0.15) is 54.4 Å². The molecule has 0 amide bonds. The maximum Gasteiger partial charge on any atom is 0.101 e. The third kappa shape index (κ3) is 8.27. The first-order chi connectivity index (χ1) is 8.36. The zero-order valence-electron chi connectivity index (χ0n) is 12.8. The van der Waals surface area contributed by atoms with Crippen molar-refractivity contribution < 1.29 is 4.39 Å². The van der Waals surface area contributed by atoms with Gasteiger partial charge in [-0.15, -0.1) is 0 Å². The molecule has 3 unspecified atom stereocenters. The van der Waals surface area contributed by atoms with Crippen LogP contribution in [0.3, 0.4) is 0 Å². The number of rotatable bonds is 7. The maximum absolute atomic E-state index is 12.9. The van der Waals surface area contributed by atoms with Gasteiger partial charge in [0.15, 0.2) is 0 Å². The molecule has 0 N–H and O–H groups in total. The van der Waals surface area contributed by atoms with Crippen molar-refractivity contribution in [2.45, 2.75) is 60.6 Å². The lowest BCUT2D eigenvalue weighted by Gasteiger charge is -2.12. The summed E-state index contributed by atoms with van der Waals surface area (Å²) >= 11 is 0. The van der Waals surface area contributed by atoms with Gasteiger partial charge in [0, 0.05) is 5.92 Å². The molecule has 0 saturated heterocycles. The summed E-state index contributed by atoms with van der Waals surface area (Å²) in [7, 11) is 0. The monoisotopic (exact) mass is 252 g/mol. The quantitative estimate of drug-likeness (QED) is 0.497. The van der Waals surface area contributed by atoms with E-state index < -0.39 is 6.17 Å². The lowest BCUT2D eigenvalue weighted by Crippen LogP contribution is -1.99. The Labute approximate surface area is 113 Å². The lowest BCUT2D eigenvalue weighted by atomic mass is 9.94. The molecule has 0 aliphatic carbocycles. The van der Waals surface area contributed by atoms with Crippen molar-refractivity contribution in [1.29, 1.82) is 0 Å². The number of halogens is 1. The highest BCUT2D eigenvalue weighted by Crippen LogP contribution is 2.19. The van der Waals surface area contributed by atoms with Crippen LogP contribution in [0.5, 0.6) is 0 Å². The number of hydrogen-bond acceptors (Lipinski definition) is 0. The van der Waals surface area contributed by atoms with Gasteiger partial charge in [-0.05, 0) is 40.0 Å². The van der Waals surface area contributed by atoms with E-state index in [-0.39, 0.29) is 0 Å². The van der Waals surface area contributed by atoms with E-state index in [1.807, 2.05) is 6.08 Å². The van der Waals surface area contributed by atoms with Crippen molar-refractivity contribution in [3.05, 3.63) is 35.5 Å². The van der Waals surface area contributed by atoms with Gasteiger partial charge in [0.05, 0.1) is 0 Å². The molecule has 104 valence electrons. The van der Waals surface area contributed by atoms with Crippen LogP contribution in [-0.2, 0) is 0 Å². The Morgan fingerprint density at radius 2 is 1.72 bits per heavy atom. The number of alkyl halides is 1. The van der Waals surface area contributed by atoms with Gasteiger partial charge < -0.3 is 0 Å². The summed E-state index contributed by atoms with van der Waals surface area (Å²) in [5, 5.41) is 0. The highest BCUT2D eigenvalue weighted by molar-refractivity contribution is 5.21. The molecular formula is C17H29F. The second-order valence-electron chi connectivity index (χ2n) is 5.50. The molecule has 0 radical (unpaired) electrons. The summed E-state index contributed by atoms with van der Waals surface area (Å²) in [5.74, 6) is 0.911. The SMILES string of the molecule is CCC(C)/C=C/C(C=C(C)C)/C(C)=C\CC(C)F. The minimum absolute atomic E-state index is 0.308. The smallest absolute Gasteiger partial charge is 0.101 e. The van der Waals surface area contributed by atoms with Gasteiger partial charge in [-0.25, -0.2) is 4.39 Å². The average molecular weight is 252 g/mol. The summed E-state index contributed by atoms with van der Waals surface area (Å²) in [6.45, 7) is 12.3. The molecule has 18 heavy (non-hydrogen) atoms. The van der Waals surface area contributed by atoms with Gasteiger partial charge in [0.1, 0.15) is 6.17 Å². The molecule has 0 aromatic carbocycles. The van der Waals surface area contributed by atoms with Crippen molar-refractivity contribution >= 4 is 0 Å². The second-order valence-corrected chi connectivity index (χ2v) is 5.50. The molecular weight excluding hydrogens is 223 g/mol. The van der Waals surface area contributed by atoms with Gasteiger partial charge in [0.2, 0.25) is 0 Å². The maximum atomic E-state index is 12.9. The van der Waals surface area contributed by atoms with Crippen molar-refractivity contribution in [2.75, 3.05) is 0 Å². The Morgan fingerprint density at radius 3 is 2.17 bits per heavy atom. The Hall–Kier alpha value is -0.850. The zero-order valence-corrected chi connectivity index (χ0v) is 12.8. The largest absolute Gasteiger partial charge is 0.247 e. The Bertz CT molecular complexity index is 304. The highest BCUT2D eigenvalue weighted by atomic mass is 19.1. The molecule has 0 spiro atoms. The molecule has 3 atom stereocenters. The lowest BCUT2D eigenvalue weighted by molar-refractivity contribution is 0.364. The predicted octanol–water partition coefficient (Wildman–Crippen LogP) is 5.87. The van der Waals surface area contributed by atoms with Crippen molar-refractivity contribution in [2.24, 2.45) is 11.8 Å². The molecule has 0 aromatic heterocycles. The van der Waals surface area contributed by atoms with E-state index in [9.17, 15) is 4.39 Å². The molecule has 0 rings (SSSR count). The standard InChI is InChI=1S/C17H29F/c1-7-14(4)8-11-17(12-13(2)3)15(5)9-10-16(6)18/h8-9,11-12,14,16-17H,7,10H2,1-6H3/b11-8+,15-9-. The molecule has 0 heterocycles. The fourth-order valence-corrected chi connectivity index (χ4v) is 1.63. The molecule has 1 heteroatoms. The van der Waals surface area contributed by atoms with Crippen LogP contribution in [0.4, 0.5) is 4.39 Å². The molecule has 0 bridgehead atoms. The van der Waals surface area contributed by atoms with Crippen LogP contribution in [0.15, 0.2) is 35.5 Å². The summed E-state index contributed by atoms with van der Waals surface area (Å²) < 4.78 is 12.9. The third-order valence-electron chi connectivity index (χ3n) is 3.09. The van der Waals surface area contributed by atoms with E-state index in [1.54, 1.807) is 6.92 Å². The van der Waals surface area contributed by atoms with Crippen LogP contribution < -0.4 is 0 Å². The Balaban J connectivity index is 4.83. The summed E-state index contributed by atoms with van der Waals surface area (Å²) in [6.07, 6.45) is 9.68. The van der Waals surface area contributed by atoms with E-state index in [1.165, 1.54) is 11.1 Å². The highest BCUT2D eigenvalue weighted by Gasteiger charge is 2.05. The van der Waals surface area contributed by atoms with E-state index in [2.05, 4.69) is 52.8 Å². The summed E-state index contributed by atoms with van der Waals surface area (Å²) in [5.41, 5.74) is 2.54. The van der Waals surface area contributed by atoms with E-state index in [0.29, 0.717) is 18.3 Å². The third-order valence-corrected chi connectivity index (χ3v) is 3.09. The van der Waals surface area contributed by atoms with Crippen LogP contribution in [0.2, 0.25) is 0 Å². The van der Waals surface area contributed by atoms with Gasteiger partial charge in [-0.1, -0.05) is 55.7 Å². The molecule has 0 nitrogen and oxygen atoms in total. The van der Waals surface area contributed by atoms with Gasteiger partial charge in [0.25, 0.3) is 0 Å². The van der Waals surface area contributed by atoms with Crippen LogP contribution in [-0.4, -0.2) is 6.17 Å². The normalized spacial score (nSPS) is 17.6. The van der Waals surface area contributed by atoms with Crippen LogP contribution in [0.25, 0.3) is 0 Å². The van der Waals surface area contributed by atoms with Crippen LogP contribution >= 0.6 is 0 Å². The fraction of sp³-hybridized carbons (Fsp3) is 0.647. The van der Waals surface area contributed by atoms with E-state index in [4.69, 9.17) is 0 Å². The number of hydrogen-bond donors (Lipinski definition) is 0. The minimum Gasteiger partial charge on any atom is -0.247 e. The Kier molecular flexibility index (Phi) is 8.70. The van der Waals surface area contributed by atoms with Crippen molar-refractivity contribution in [3.63, 3.8) is 0 Å². The minimum atomic E-state index is -0.758. The van der Waals surface area contributed by atoms with Gasteiger partial charge in [-0.3, -0.25) is 0 Å².